The molecule has 2 rings (SSSR count). The topological polar surface area (TPSA) is 107 Å². The second kappa shape index (κ2) is 7.71. The minimum absolute atomic E-state index is 0.0520. The Morgan fingerprint density at radius 1 is 1.33 bits per heavy atom. The predicted molar refractivity (Wildman–Crippen MR) is 86.3 cm³/mol. The van der Waals surface area contributed by atoms with Crippen LogP contribution in [0.15, 0.2) is 34.9 Å². The molecule has 8 heteroatoms. The molecule has 0 spiro atoms. The van der Waals surface area contributed by atoms with Gasteiger partial charge in [-0.05, 0) is 31.2 Å². The molecular weight excluding hydrogens is 317 g/mol. The van der Waals surface area contributed by atoms with Crippen LogP contribution in [0, 0.1) is 12.7 Å². The Hall–Kier alpha value is -2.71. The Morgan fingerprint density at radius 3 is 2.71 bits per heavy atom. The normalized spacial score (nSPS) is 11.8. The number of furan rings is 1. The van der Waals surface area contributed by atoms with E-state index in [0.717, 1.165) is 6.07 Å². The summed E-state index contributed by atoms with van der Waals surface area (Å²) < 4.78 is 23.7. The quantitative estimate of drug-likeness (QED) is 0.747. The van der Waals surface area contributed by atoms with Gasteiger partial charge < -0.3 is 25.5 Å². The molecule has 0 aliphatic heterocycles. The lowest BCUT2D eigenvalue weighted by Crippen LogP contribution is -2.39. The lowest BCUT2D eigenvalue weighted by Gasteiger charge is -2.13. The van der Waals surface area contributed by atoms with Crippen molar-refractivity contribution in [3.8, 4) is 0 Å². The van der Waals surface area contributed by atoms with Gasteiger partial charge in [0.2, 0.25) is 5.91 Å². The number of carbonyl (C=O) groups excluding carboxylic acids is 2. The van der Waals surface area contributed by atoms with Crippen molar-refractivity contribution in [1.29, 1.82) is 0 Å². The Morgan fingerprint density at radius 2 is 2.08 bits per heavy atom. The molecule has 0 saturated heterocycles. The van der Waals surface area contributed by atoms with Gasteiger partial charge in [-0.25, -0.2) is 4.39 Å². The molecule has 1 aromatic carbocycles. The largest absolute Gasteiger partial charge is 0.469 e. The second-order valence-electron chi connectivity index (χ2n) is 5.09. The van der Waals surface area contributed by atoms with Crippen LogP contribution in [0.2, 0.25) is 0 Å². The lowest BCUT2D eigenvalue weighted by atomic mass is 10.2. The zero-order chi connectivity index (χ0) is 17.7. The van der Waals surface area contributed by atoms with Gasteiger partial charge in [0.05, 0.1) is 24.1 Å². The summed E-state index contributed by atoms with van der Waals surface area (Å²) in [5.41, 5.74) is 6.14. The second-order valence-corrected chi connectivity index (χ2v) is 5.09. The van der Waals surface area contributed by atoms with Crippen molar-refractivity contribution in [2.24, 2.45) is 5.73 Å². The molecule has 1 atom stereocenters. The number of aryl methyl sites for hydroxylation is 1. The Kier molecular flexibility index (Phi) is 5.67. The van der Waals surface area contributed by atoms with E-state index in [4.69, 9.17) is 14.9 Å². The third-order valence-corrected chi connectivity index (χ3v) is 3.27. The molecule has 2 amide bonds. The molecule has 0 saturated carbocycles. The summed E-state index contributed by atoms with van der Waals surface area (Å²) in [6.45, 7) is 1.68. The average Bonchev–Trinajstić information content (AvgIpc) is 2.97. The molecule has 4 N–H and O–H groups in total. The number of methoxy groups -OCH3 is 1. The fourth-order valence-corrected chi connectivity index (χ4v) is 2.00. The van der Waals surface area contributed by atoms with Crippen LogP contribution >= 0.6 is 0 Å². The molecule has 1 heterocycles. The Bertz CT molecular complexity index is 745. The summed E-state index contributed by atoms with van der Waals surface area (Å²) in [5, 5.41) is 4.97. The van der Waals surface area contributed by atoms with Crippen molar-refractivity contribution in [3.63, 3.8) is 0 Å². The van der Waals surface area contributed by atoms with Crippen LogP contribution in [-0.2, 0) is 9.53 Å². The van der Waals surface area contributed by atoms with E-state index in [0.29, 0.717) is 17.0 Å². The van der Waals surface area contributed by atoms with Crippen LogP contribution < -0.4 is 16.4 Å². The third kappa shape index (κ3) is 4.18. The van der Waals surface area contributed by atoms with Crippen LogP contribution in [0.3, 0.4) is 0 Å². The van der Waals surface area contributed by atoms with Gasteiger partial charge in [0.15, 0.2) is 0 Å². The summed E-state index contributed by atoms with van der Waals surface area (Å²) >= 11 is 0. The van der Waals surface area contributed by atoms with Crippen molar-refractivity contribution >= 4 is 23.2 Å². The highest BCUT2D eigenvalue weighted by Crippen LogP contribution is 2.21. The van der Waals surface area contributed by atoms with Crippen LogP contribution in [0.1, 0.15) is 16.1 Å². The zero-order valence-corrected chi connectivity index (χ0v) is 13.3. The first kappa shape index (κ1) is 17.6. The van der Waals surface area contributed by atoms with E-state index in [1.807, 2.05) is 0 Å². The van der Waals surface area contributed by atoms with Gasteiger partial charge in [-0.15, -0.1) is 0 Å². The highest BCUT2D eigenvalue weighted by molar-refractivity contribution is 6.05. The minimum atomic E-state index is -0.855. The standard InChI is InChI=1S/C16H18FN3O4/c1-9-11(5-6-24-9)15(21)20-14-7-10(3-4-12(14)17)19-16(22)13(18)8-23-2/h3-7,13H,8,18H2,1-2H3,(H,19,22)(H,20,21). The molecule has 0 radical (unpaired) electrons. The number of benzene rings is 1. The van der Waals surface area contributed by atoms with Gasteiger partial charge in [0, 0.05) is 12.8 Å². The summed E-state index contributed by atoms with van der Waals surface area (Å²) in [4.78, 5) is 24.0. The fourth-order valence-electron chi connectivity index (χ4n) is 2.00. The van der Waals surface area contributed by atoms with Crippen molar-refractivity contribution < 1.29 is 23.1 Å². The van der Waals surface area contributed by atoms with Gasteiger partial charge >= 0.3 is 0 Å². The number of hydrogen-bond donors (Lipinski definition) is 3. The monoisotopic (exact) mass is 335 g/mol. The maximum Gasteiger partial charge on any atom is 0.259 e. The van der Waals surface area contributed by atoms with E-state index >= 15 is 0 Å². The number of rotatable bonds is 6. The van der Waals surface area contributed by atoms with Crippen LogP contribution in [-0.4, -0.2) is 31.6 Å². The smallest absolute Gasteiger partial charge is 0.259 e. The number of ether oxygens (including phenoxy) is 1. The molecule has 0 bridgehead atoms. The highest BCUT2D eigenvalue weighted by Gasteiger charge is 2.16. The molecule has 7 nitrogen and oxygen atoms in total. The fraction of sp³-hybridized carbons (Fsp3) is 0.250. The first-order valence-electron chi connectivity index (χ1n) is 7.12. The molecule has 128 valence electrons. The number of carbonyl (C=O) groups is 2. The van der Waals surface area contributed by atoms with Crippen molar-refractivity contribution in [2.75, 3.05) is 24.4 Å². The molecular formula is C16H18FN3O4. The van der Waals surface area contributed by atoms with E-state index in [1.165, 1.54) is 31.6 Å². The minimum Gasteiger partial charge on any atom is -0.469 e. The molecule has 2 aromatic rings. The van der Waals surface area contributed by atoms with Gasteiger partial charge in [-0.3, -0.25) is 9.59 Å². The van der Waals surface area contributed by atoms with E-state index in [1.54, 1.807) is 6.92 Å². The zero-order valence-electron chi connectivity index (χ0n) is 13.3. The molecule has 1 unspecified atom stereocenters. The Labute approximate surface area is 138 Å². The van der Waals surface area contributed by atoms with Crippen molar-refractivity contribution in [2.45, 2.75) is 13.0 Å². The first-order chi connectivity index (χ1) is 11.4. The molecule has 24 heavy (non-hydrogen) atoms. The molecule has 1 aromatic heterocycles. The number of amides is 2. The maximum atomic E-state index is 13.9. The lowest BCUT2D eigenvalue weighted by molar-refractivity contribution is -0.118. The Balaban J connectivity index is 2.12. The van der Waals surface area contributed by atoms with E-state index < -0.39 is 23.7 Å². The van der Waals surface area contributed by atoms with E-state index in [2.05, 4.69) is 10.6 Å². The highest BCUT2D eigenvalue weighted by atomic mass is 19.1. The van der Waals surface area contributed by atoms with Gasteiger partial charge in [-0.1, -0.05) is 0 Å². The summed E-state index contributed by atoms with van der Waals surface area (Å²) in [6, 6.07) is 4.44. The van der Waals surface area contributed by atoms with E-state index in [-0.39, 0.29) is 12.3 Å². The van der Waals surface area contributed by atoms with Crippen molar-refractivity contribution in [3.05, 3.63) is 47.7 Å². The maximum absolute atomic E-state index is 13.9. The molecule has 0 aliphatic carbocycles. The van der Waals surface area contributed by atoms with Crippen molar-refractivity contribution in [1.82, 2.24) is 0 Å². The first-order valence-corrected chi connectivity index (χ1v) is 7.12. The van der Waals surface area contributed by atoms with Gasteiger partial charge in [0.1, 0.15) is 17.6 Å². The summed E-state index contributed by atoms with van der Waals surface area (Å²) in [7, 11) is 1.43. The van der Waals surface area contributed by atoms with Crippen LogP contribution in [0.5, 0.6) is 0 Å². The van der Waals surface area contributed by atoms with Gasteiger partial charge in [0.25, 0.3) is 5.91 Å². The summed E-state index contributed by atoms with van der Waals surface area (Å²) in [6.07, 6.45) is 1.37. The number of anilines is 2. The van der Waals surface area contributed by atoms with E-state index in [9.17, 15) is 14.0 Å². The SMILES string of the molecule is COCC(N)C(=O)Nc1ccc(F)c(NC(=O)c2ccoc2C)c1. The van der Waals surface area contributed by atoms with Gasteiger partial charge in [-0.2, -0.15) is 0 Å². The third-order valence-electron chi connectivity index (χ3n) is 3.27. The molecule has 0 fully saturated rings. The number of nitrogens with one attached hydrogen (secondary N) is 2. The number of halogens is 1. The molecule has 0 aliphatic rings. The number of nitrogens with two attached hydrogens (primary N) is 1. The summed E-state index contributed by atoms with van der Waals surface area (Å²) in [5.74, 6) is -1.21. The number of hydrogen-bond acceptors (Lipinski definition) is 5. The van der Waals surface area contributed by atoms with Crippen LogP contribution in [0.25, 0.3) is 0 Å². The average molecular weight is 335 g/mol. The van der Waals surface area contributed by atoms with Crippen LogP contribution in [0.4, 0.5) is 15.8 Å². The predicted octanol–water partition coefficient (Wildman–Crippen LogP) is 1.89.